The first-order valence-electron chi connectivity index (χ1n) is 10.4. The Balaban J connectivity index is 1.48. The summed E-state index contributed by atoms with van der Waals surface area (Å²) in [7, 11) is 3.65. The number of ether oxygens (including phenoxy) is 1. The topological polar surface area (TPSA) is 44.1 Å². The summed E-state index contributed by atoms with van der Waals surface area (Å²) in [5.41, 5.74) is 4.78. The molecule has 4 heteroatoms. The number of aromatic nitrogens is 2. The van der Waals surface area contributed by atoms with Gasteiger partial charge in [0.25, 0.3) is 0 Å². The van der Waals surface area contributed by atoms with Crippen LogP contribution < -0.4 is 4.74 Å². The highest BCUT2D eigenvalue weighted by molar-refractivity contribution is 6.05. The number of Topliss-reactive ketones (excluding diaryl/α,β-unsaturated/α-hetero) is 1. The van der Waals surface area contributed by atoms with Gasteiger partial charge in [0.2, 0.25) is 0 Å². The van der Waals surface area contributed by atoms with Crippen LogP contribution in [0.5, 0.6) is 5.75 Å². The predicted molar refractivity (Wildman–Crippen MR) is 109 cm³/mol. The number of ketones is 1. The zero-order valence-corrected chi connectivity index (χ0v) is 16.9. The zero-order chi connectivity index (χ0) is 19.5. The predicted octanol–water partition coefficient (Wildman–Crippen LogP) is 4.55. The number of nitrogens with zero attached hydrogens (tertiary/aromatic N) is 2. The Hall–Kier alpha value is -2.36. The van der Waals surface area contributed by atoms with Crippen molar-refractivity contribution < 1.29 is 9.53 Å². The second-order valence-electron chi connectivity index (χ2n) is 9.09. The molecule has 0 amide bonds. The molecule has 146 valence electrons. The first-order valence-corrected chi connectivity index (χ1v) is 10.4. The smallest absolute Gasteiger partial charge is 0.165 e. The van der Waals surface area contributed by atoms with Crippen LogP contribution in [0.1, 0.15) is 55.2 Å². The van der Waals surface area contributed by atoms with Crippen LogP contribution in [-0.4, -0.2) is 22.7 Å². The Labute approximate surface area is 166 Å². The van der Waals surface area contributed by atoms with E-state index in [1.54, 1.807) is 11.8 Å². The average molecular weight is 377 g/mol. The molecular formula is C24H28N2O2. The second-order valence-corrected chi connectivity index (χ2v) is 9.09. The highest BCUT2D eigenvalue weighted by Crippen LogP contribution is 2.60. The minimum atomic E-state index is -0.195. The van der Waals surface area contributed by atoms with Crippen molar-refractivity contribution in [2.24, 2.45) is 24.3 Å². The molecule has 4 nitrogen and oxygen atoms in total. The van der Waals surface area contributed by atoms with Crippen LogP contribution in [0, 0.1) is 17.3 Å². The van der Waals surface area contributed by atoms with E-state index in [0.29, 0.717) is 23.5 Å². The number of rotatable bonds is 2. The average Bonchev–Trinajstić information content (AvgIpc) is 3.22. The number of hydrogen-bond donors (Lipinski definition) is 0. The largest absolute Gasteiger partial charge is 0.497 e. The molecular weight excluding hydrogens is 348 g/mol. The molecule has 3 aliphatic rings. The number of benzene rings is 1. The van der Waals surface area contributed by atoms with Gasteiger partial charge in [0.1, 0.15) is 5.75 Å². The summed E-state index contributed by atoms with van der Waals surface area (Å²) in [4.78, 5) is 13.4. The fourth-order valence-electron chi connectivity index (χ4n) is 6.20. The molecule has 0 N–H and O–H groups in total. The van der Waals surface area contributed by atoms with Crippen molar-refractivity contribution >= 4 is 11.9 Å². The summed E-state index contributed by atoms with van der Waals surface area (Å²) in [6.45, 7) is 2.23. The van der Waals surface area contributed by atoms with Gasteiger partial charge in [-0.05, 0) is 84.8 Å². The molecule has 1 aromatic heterocycles. The molecule has 0 saturated heterocycles. The van der Waals surface area contributed by atoms with Crippen LogP contribution in [0.2, 0.25) is 0 Å². The second kappa shape index (κ2) is 6.33. The van der Waals surface area contributed by atoms with Crippen LogP contribution in [-0.2, 0) is 18.3 Å². The lowest BCUT2D eigenvalue weighted by molar-refractivity contribution is -0.127. The molecule has 1 aromatic carbocycles. The van der Waals surface area contributed by atoms with Crippen LogP contribution in [0.4, 0.5) is 0 Å². The normalized spacial score (nSPS) is 32.8. The number of methoxy groups -OCH3 is 1. The van der Waals surface area contributed by atoms with Gasteiger partial charge in [-0.3, -0.25) is 9.48 Å². The number of fused-ring (bicyclic) bond motifs is 5. The summed E-state index contributed by atoms with van der Waals surface area (Å²) in [5.74, 6) is 2.97. The maximum absolute atomic E-state index is 13.4. The summed E-state index contributed by atoms with van der Waals surface area (Å²) < 4.78 is 7.22. The van der Waals surface area contributed by atoms with E-state index in [2.05, 4.69) is 36.3 Å². The van der Waals surface area contributed by atoms with Crippen molar-refractivity contribution in [2.45, 2.75) is 44.9 Å². The number of carbonyl (C=O) groups excluding carboxylic acids is 1. The Morgan fingerprint density at radius 3 is 2.93 bits per heavy atom. The molecule has 2 aromatic rings. The number of carbonyl (C=O) groups is 1. The SMILES string of the molecule is COc1ccc2c(c1)CC[C@H]1[C@H]2CC[C@@]2(C)C(=O)/C(=C/c3cnn(C)c3)C[C@@H]12. The minimum absolute atomic E-state index is 0.195. The van der Waals surface area contributed by atoms with Gasteiger partial charge in [-0.25, -0.2) is 0 Å². The molecule has 0 radical (unpaired) electrons. The lowest BCUT2D eigenvalue weighted by atomic mass is 9.55. The van der Waals surface area contributed by atoms with Gasteiger partial charge in [0, 0.05) is 24.2 Å². The van der Waals surface area contributed by atoms with Crippen LogP contribution in [0.3, 0.4) is 0 Å². The van der Waals surface area contributed by atoms with Crippen LogP contribution >= 0.6 is 0 Å². The fourth-order valence-corrected chi connectivity index (χ4v) is 6.20. The van der Waals surface area contributed by atoms with Gasteiger partial charge in [-0.1, -0.05) is 13.0 Å². The first-order chi connectivity index (χ1) is 13.5. The van der Waals surface area contributed by atoms with Crippen LogP contribution in [0.15, 0.2) is 36.2 Å². The number of aryl methyl sites for hydroxylation is 2. The highest BCUT2D eigenvalue weighted by Gasteiger charge is 2.56. The Bertz CT molecular complexity index is 973. The van der Waals surface area contributed by atoms with E-state index in [9.17, 15) is 4.79 Å². The molecule has 0 unspecified atom stereocenters. The van der Waals surface area contributed by atoms with Gasteiger partial charge in [0.15, 0.2) is 5.78 Å². The van der Waals surface area contributed by atoms with Crippen molar-refractivity contribution in [2.75, 3.05) is 7.11 Å². The zero-order valence-electron chi connectivity index (χ0n) is 16.9. The molecule has 1 heterocycles. The summed E-state index contributed by atoms with van der Waals surface area (Å²) in [5, 5.41) is 4.25. The molecule has 2 saturated carbocycles. The van der Waals surface area contributed by atoms with E-state index < -0.39 is 0 Å². The molecule has 0 spiro atoms. The lowest BCUT2D eigenvalue weighted by Gasteiger charge is -2.48. The molecule has 3 aliphatic carbocycles. The monoisotopic (exact) mass is 376 g/mol. The molecule has 0 aliphatic heterocycles. The van der Waals surface area contributed by atoms with Gasteiger partial charge in [-0.15, -0.1) is 0 Å². The van der Waals surface area contributed by atoms with Crippen LogP contribution in [0.25, 0.3) is 6.08 Å². The summed E-state index contributed by atoms with van der Waals surface area (Å²) in [6.07, 6.45) is 11.2. The van der Waals surface area contributed by atoms with Crippen molar-refractivity contribution in [1.82, 2.24) is 9.78 Å². The highest BCUT2D eigenvalue weighted by atomic mass is 16.5. The molecule has 0 bridgehead atoms. The van der Waals surface area contributed by atoms with Gasteiger partial charge >= 0.3 is 0 Å². The molecule has 2 fully saturated rings. The quantitative estimate of drug-likeness (QED) is 0.723. The van der Waals surface area contributed by atoms with E-state index in [1.165, 1.54) is 17.5 Å². The number of hydrogen-bond acceptors (Lipinski definition) is 3. The summed E-state index contributed by atoms with van der Waals surface area (Å²) in [6, 6.07) is 6.59. The van der Waals surface area contributed by atoms with Crippen molar-refractivity contribution in [3.05, 3.63) is 52.9 Å². The third kappa shape index (κ3) is 2.57. The Kier molecular flexibility index (Phi) is 4.01. The first kappa shape index (κ1) is 17.7. The maximum Gasteiger partial charge on any atom is 0.165 e. The van der Waals surface area contributed by atoms with E-state index >= 15 is 0 Å². The Morgan fingerprint density at radius 2 is 2.18 bits per heavy atom. The fraction of sp³-hybridized carbons (Fsp3) is 0.500. The van der Waals surface area contributed by atoms with E-state index in [0.717, 1.165) is 42.6 Å². The van der Waals surface area contributed by atoms with E-state index in [-0.39, 0.29) is 5.41 Å². The van der Waals surface area contributed by atoms with Crippen molar-refractivity contribution in [1.29, 1.82) is 0 Å². The third-order valence-corrected chi connectivity index (χ3v) is 7.64. The third-order valence-electron chi connectivity index (χ3n) is 7.64. The summed E-state index contributed by atoms with van der Waals surface area (Å²) >= 11 is 0. The van der Waals surface area contributed by atoms with Crippen molar-refractivity contribution in [3.63, 3.8) is 0 Å². The molecule has 5 rings (SSSR count). The van der Waals surface area contributed by atoms with Gasteiger partial charge in [-0.2, -0.15) is 5.10 Å². The van der Waals surface area contributed by atoms with E-state index in [4.69, 9.17) is 4.74 Å². The molecule has 4 atom stereocenters. The molecule has 28 heavy (non-hydrogen) atoms. The minimum Gasteiger partial charge on any atom is -0.497 e. The van der Waals surface area contributed by atoms with Crippen molar-refractivity contribution in [3.8, 4) is 5.75 Å². The maximum atomic E-state index is 13.4. The van der Waals surface area contributed by atoms with E-state index in [1.807, 2.05) is 19.4 Å². The Morgan fingerprint density at radius 1 is 1.32 bits per heavy atom. The number of allylic oxidation sites excluding steroid dienone is 1. The lowest BCUT2D eigenvalue weighted by Crippen LogP contribution is -2.42. The standard InChI is InChI=1S/C24H28N2O2/c1-24-9-8-20-19-7-5-18(28-3)11-16(19)4-6-21(20)22(24)12-17(23(24)27)10-15-13-25-26(2)14-15/h5,7,10-11,13-14,20-22H,4,6,8-9,12H2,1-3H3/b17-10+/t20-,21-,22-,24+/m0/s1. The van der Waals surface area contributed by atoms with Gasteiger partial charge in [0.05, 0.1) is 13.3 Å². The van der Waals surface area contributed by atoms with Gasteiger partial charge < -0.3 is 4.74 Å².